The molecule has 0 saturated heterocycles. The van der Waals surface area contributed by atoms with Crippen molar-refractivity contribution in [3.63, 3.8) is 0 Å². The van der Waals surface area contributed by atoms with Crippen molar-refractivity contribution in [1.29, 1.82) is 0 Å². The Morgan fingerprint density at radius 3 is 1.58 bits per heavy atom. The van der Waals surface area contributed by atoms with E-state index in [1.54, 1.807) is 0 Å². The maximum absolute atomic E-state index is 5.29. The summed E-state index contributed by atoms with van der Waals surface area (Å²) in [6.45, 7) is 0. The minimum atomic E-state index is -0.595. The van der Waals surface area contributed by atoms with Gasteiger partial charge in [0.2, 0.25) is 0 Å². The molecule has 14 rings (SSSR count). The highest BCUT2D eigenvalue weighted by Gasteiger charge is 2.46. The predicted octanol–water partition coefficient (Wildman–Crippen LogP) is 15.6. The molecule has 0 N–H and O–H groups in total. The maximum Gasteiger partial charge on any atom is 0.0972 e. The van der Waals surface area contributed by atoms with Gasteiger partial charge in [-0.25, -0.2) is 4.98 Å². The molecular weight excluding hydrogens is 821 g/mol. The smallest absolute Gasteiger partial charge is 0.0972 e. The number of hydrogen-bond acceptors (Lipinski definition) is 5. The molecule has 1 aliphatic rings. The Labute approximate surface area is 384 Å². The molecular formula is C61H36N4S. The molecule has 4 nitrogen and oxygen atoms in total. The molecule has 66 heavy (non-hydrogen) atoms. The molecule has 5 aromatic heterocycles. The van der Waals surface area contributed by atoms with Crippen molar-refractivity contribution in [3.8, 4) is 44.6 Å². The molecule has 0 bridgehead atoms. The summed E-state index contributed by atoms with van der Waals surface area (Å²) in [5.74, 6) is 0. The molecule has 306 valence electrons. The third kappa shape index (κ3) is 5.50. The number of fused-ring (bicyclic) bond motifs is 12. The minimum Gasteiger partial charge on any atom is -0.254 e. The van der Waals surface area contributed by atoms with E-state index in [-0.39, 0.29) is 0 Å². The van der Waals surface area contributed by atoms with Gasteiger partial charge >= 0.3 is 0 Å². The largest absolute Gasteiger partial charge is 0.254 e. The normalized spacial score (nSPS) is 13.0. The van der Waals surface area contributed by atoms with Crippen LogP contribution in [0.25, 0.3) is 108 Å². The second-order valence-electron chi connectivity index (χ2n) is 17.4. The highest BCUT2D eigenvalue weighted by atomic mass is 32.1. The molecule has 5 heterocycles. The fourth-order valence-electron chi connectivity index (χ4n) is 10.7. The lowest BCUT2D eigenvalue weighted by atomic mass is 9.67. The van der Waals surface area contributed by atoms with E-state index in [2.05, 4.69) is 199 Å². The second kappa shape index (κ2) is 14.3. The minimum absolute atomic E-state index is 0.595. The van der Waals surface area contributed by atoms with Gasteiger partial charge in [0, 0.05) is 77.0 Å². The summed E-state index contributed by atoms with van der Waals surface area (Å²) in [7, 11) is 0. The maximum atomic E-state index is 5.29. The molecule has 13 aromatic rings. The van der Waals surface area contributed by atoms with E-state index in [0.29, 0.717) is 0 Å². The number of aromatic nitrogens is 4. The van der Waals surface area contributed by atoms with Gasteiger partial charge in [-0.15, -0.1) is 11.3 Å². The number of nitrogens with zero attached hydrogens (tertiary/aromatic N) is 4. The Morgan fingerprint density at radius 2 is 0.894 bits per heavy atom. The number of thiophene rings is 1. The van der Waals surface area contributed by atoms with Gasteiger partial charge in [-0.05, 0) is 99.1 Å². The highest BCUT2D eigenvalue weighted by molar-refractivity contribution is 7.25. The molecule has 0 spiro atoms. The lowest BCUT2D eigenvalue weighted by Gasteiger charge is -2.34. The van der Waals surface area contributed by atoms with Crippen molar-refractivity contribution >= 4 is 75.1 Å². The molecule has 0 radical (unpaired) electrons. The van der Waals surface area contributed by atoms with E-state index in [9.17, 15) is 0 Å². The summed E-state index contributed by atoms with van der Waals surface area (Å²) >= 11 is 1.84. The first-order valence-electron chi connectivity index (χ1n) is 22.3. The molecule has 1 aliphatic carbocycles. The van der Waals surface area contributed by atoms with Crippen molar-refractivity contribution in [2.24, 2.45) is 0 Å². The fraction of sp³-hybridized carbons (Fsp3) is 0.0164. The van der Waals surface area contributed by atoms with Gasteiger partial charge < -0.3 is 0 Å². The van der Waals surface area contributed by atoms with Crippen LogP contribution < -0.4 is 0 Å². The van der Waals surface area contributed by atoms with E-state index in [1.165, 1.54) is 53.6 Å². The monoisotopic (exact) mass is 856 g/mol. The first-order chi connectivity index (χ1) is 32.7. The van der Waals surface area contributed by atoms with Crippen LogP contribution in [0.3, 0.4) is 0 Å². The molecule has 5 heteroatoms. The fourth-order valence-corrected chi connectivity index (χ4v) is 11.8. The third-order valence-electron chi connectivity index (χ3n) is 13.8. The third-order valence-corrected chi connectivity index (χ3v) is 15.0. The number of pyridine rings is 4. The highest BCUT2D eigenvalue weighted by Crippen LogP contribution is 2.57. The van der Waals surface area contributed by atoms with Crippen LogP contribution in [0, 0.1) is 0 Å². The van der Waals surface area contributed by atoms with Crippen LogP contribution in [0.15, 0.2) is 219 Å². The van der Waals surface area contributed by atoms with Gasteiger partial charge in [-0.3, -0.25) is 15.0 Å². The van der Waals surface area contributed by atoms with Crippen molar-refractivity contribution in [2.75, 3.05) is 0 Å². The van der Waals surface area contributed by atoms with Gasteiger partial charge in [0.1, 0.15) is 0 Å². The summed E-state index contributed by atoms with van der Waals surface area (Å²) < 4.78 is 2.59. The predicted molar refractivity (Wildman–Crippen MR) is 274 cm³/mol. The van der Waals surface area contributed by atoms with Crippen molar-refractivity contribution in [1.82, 2.24) is 19.9 Å². The summed E-state index contributed by atoms with van der Waals surface area (Å²) in [6.07, 6.45) is 5.87. The van der Waals surface area contributed by atoms with Crippen LogP contribution in [0.2, 0.25) is 0 Å². The van der Waals surface area contributed by atoms with E-state index in [0.717, 1.165) is 77.1 Å². The zero-order valence-corrected chi connectivity index (χ0v) is 36.3. The Kier molecular flexibility index (Phi) is 8.03. The molecule has 0 fully saturated rings. The van der Waals surface area contributed by atoms with Crippen LogP contribution in [0.4, 0.5) is 0 Å². The molecule has 0 saturated carbocycles. The standard InChI is InChI=1S/C61H36N4S/c1-3-11-46(12-4-1)61(47-13-5-2-6-14-47)52-33-39(44-30-42-19-17-37-10-9-29-62-57(37)58(42)63-35-44)21-25-48(52)49-26-22-40(34-53(49)61)45-31-43-20-18-38-23-27-54(65-60(38)59(43)64-36-45)41-24-28-56-51(32-41)50-15-7-8-16-55(50)66-56/h1-36H. The molecule has 0 unspecified atom stereocenters. The van der Waals surface area contributed by atoms with Crippen LogP contribution in [-0.4, -0.2) is 19.9 Å². The lowest BCUT2D eigenvalue weighted by Crippen LogP contribution is -2.28. The number of rotatable bonds is 5. The second-order valence-corrected chi connectivity index (χ2v) is 18.5. The van der Waals surface area contributed by atoms with Gasteiger partial charge in [-0.2, -0.15) is 0 Å². The Hall–Kier alpha value is -8.38. The summed E-state index contributed by atoms with van der Waals surface area (Å²) in [5, 5.41) is 6.85. The zero-order valence-electron chi connectivity index (χ0n) is 35.5. The summed E-state index contributed by atoms with van der Waals surface area (Å²) in [6, 6.07) is 72.9. The quantitative estimate of drug-likeness (QED) is 0.162. The van der Waals surface area contributed by atoms with E-state index in [1.807, 2.05) is 36.0 Å². The Morgan fingerprint density at radius 1 is 0.348 bits per heavy atom. The Balaban J connectivity index is 0.911. The van der Waals surface area contributed by atoms with Crippen LogP contribution in [0.5, 0.6) is 0 Å². The van der Waals surface area contributed by atoms with Crippen LogP contribution in [0.1, 0.15) is 22.3 Å². The van der Waals surface area contributed by atoms with Gasteiger partial charge in [0.25, 0.3) is 0 Å². The van der Waals surface area contributed by atoms with Crippen molar-refractivity contribution in [3.05, 3.63) is 241 Å². The first kappa shape index (κ1) is 37.0. The number of benzene rings is 8. The summed E-state index contributed by atoms with van der Waals surface area (Å²) in [4.78, 5) is 20.2. The molecule has 0 atom stereocenters. The molecule has 0 aliphatic heterocycles. The van der Waals surface area contributed by atoms with Crippen molar-refractivity contribution in [2.45, 2.75) is 5.41 Å². The van der Waals surface area contributed by atoms with E-state index >= 15 is 0 Å². The average Bonchev–Trinajstić information content (AvgIpc) is 3.91. The SMILES string of the molecule is c1ccc(C2(c3ccccc3)c3cc(-c4cnc5c(ccc6cccnc65)c4)ccc3-c3ccc(-c4cnc5c(ccc6ccc(-c7ccc8sc9ccccc9c8c7)nc65)c4)cc32)cc1. The van der Waals surface area contributed by atoms with Crippen LogP contribution in [-0.2, 0) is 5.41 Å². The van der Waals surface area contributed by atoms with E-state index < -0.39 is 5.41 Å². The Bertz CT molecular complexity index is 4080. The zero-order chi connectivity index (χ0) is 43.3. The van der Waals surface area contributed by atoms with Gasteiger partial charge in [0.05, 0.1) is 33.2 Å². The number of hydrogen-bond donors (Lipinski definition) is 0. The average molecular weight is 857 g/mol. The first-order valence-corrected chi connectivity index (χ1v) is 23.1. The van der Waals surface area contributed by atoms with Gasteiger partial charge in [-0.1, -0.05) is 146 Å². The van der Waals surface area contributed by atoms with Crippen LogP contribution >= 0.6 is 11.3 Å². The topological polar surface area (TPSA) is 51.6 Å². The molecule has 0 amide bonds. The molecule has 8 aromatic carbocycles. The van der Waals surface area contributed by atoms with Crippen molar-refractivity contribution < 1.29 is 0 Å². The summed E-state index contributed by atoms with van der Waals surface area (Å²) in [5.41, 5.74) is 16.9. The lowest BCUT2D eigenvalue weighted by molar-refractivity contribution is 0.769. The van der Waals surface area contributed by atoms with E-state index in [4.69, 9.17) is 15.0 Å². The van der Waals surface area contributed by atoms with Gasteiger partial charge in [0.15, 0.2) is 0 Å².